The maximum atomic E-state index is 9.94. The molecule has 2 aromatic rings. The number of hydrogen-bond donors (Lipinski definition) is 3. The molecule has 0 radical (unpaired) electrons. The lowest BCUT2D eigenvalue weighted by Gasteiger charge is -2.23. The molecule has 2 aromatic carbocycles. The molecule has 0 aliphatic carbocycles. The smallest absolute Gasteiger partial charge is 0.124 e. The first kappa shape index (κ1) is 15.4. The molecular formula is C18H23NO2. The van der Waals surface area contributed by atoms with E-state index in [4.69, 9.17) is 0 Å². The van der Waals surface area contributed by atoms with Gasteiger partial charge >= 0.3 is 0 Å². The van der Waals surface area contributed by atoms with Gasteiger partial charge in [-0.3, -0.25) is 0 Å². The van der Waals surface area contributed by atoms with Gasteiger partial charge in [-0.2, -0.15) is 0 Å². The second kappa shape index (κ2) is 6.19. The monoisotopic (exact) mass is 285 g/mol. The van der Waals surface area contributed by atoms with Crippen LogP contribution in [0.1, 0.15) is 48.2 Å². The Balaban J connectivity index is 2.21. The number of rotatable bonds is 4. The van der Waals surface area contributed by atoms with Crippen molar-refractivity contribution in [2.45, 2.75) is 39.8 Å². The molecule has 3 nitrogen and oxygen atoms in total. The summed E-state index contributed by atoms with van der Waals surface area (Å²) in [6.07, 6.45) is 0. The lowest BCUT2D eigenvalue weighted by atomic mass is 9.98. The van der Waals surface area contributed by atoms with Crippen molar-refractivity contribution in [3.63, 3.8) is 0 Å². The Morgan fingerprint density at radius 3 is 2.10 bits per heavy atom. The predicted molar refractivity (Wildman–Crippen MR) is 85.7 cm³/mol. The summed E-state index contributed by atoms with van der Waals surface area (Å²) in [5, 5.41) is 23.3. The van der Waals surface area contributed by atoms with E-state index in [1.54, 1.807) is 18.2 Å². The van der Waals surface area contributed by atoms with E-state index in [0.29, 0.717) is 5.56 Å². The topological polar surface area (TPSA) is 52.5 Å². The van der Waals surface area contributed by atoms with Crippen molar-refractivity contribution in [3.8, 4) is 11.5 Å². The molecule has 21 heavy (non-hydrogen) atoms. The Bertz CT molecular complexity index is 617. The first-order chi connectivity index (χ1) is 9.90. The molecule has 0 heterocycles. The third-order valence-electron chi connectivity index (χ3n) is 3.88. The summed E-state index contributed by atoms with van der Waals surface area (Å²) in [5.41, 5.74) is 4.25. The SMILES string of the molecule is Cc1ccc(C(C)NC(C)c2c(O)cccc2O)c(C)c1. The van der Waals surface area contributed by atoms with Crippen LogP contribution in [-0.4, -0.2) is 10.2 Å². The van der Waals surface area contributed by atoms with Crippen LogP contribution in [0.25, 0.3) is 0 Å². The number of aromatic hydroxyl groups is 2. The number of phenolic OH excluding ortho intramolecular Hbond substituents is 2. The zero-order valence-corrected chi connectivity index (χ0v) is 13.0. The highest BCUT2D eigenvalue weighted by Crippen LogP contribution is 2.33. The van der Waals surface area contributed by atoms with E-state index in [-0.39, 0.29) is 23.6 Å². The molecule has 2 unspecified atom stereocenters. The van der Waals surface area contributed by atoms with Crippen LogP contribution in [-0.2, 0) is 0 Å². The van der Waals surface area contributed by atoms with Gasteiger partial charge in [0, 0.05) is 12.1 Å². The first-order valence-corrected chi connectivity index (χ1v) is 7.24. The lowest BCUT2D eigenvalue weighted by molar-refractivity contribution is 0.407. The zero-order valence-electron chi connectivity index (χ0n) is 13.0. The third kappa shape index (κ3) is 3.37. The summed E-state index contributed by atoms with van der Waals surface area (Å²) in [5.74, 6) is 0.227. The van der Waals surface area contributed by atoms with Crippen molar-refractivity contribution in [3.05, 3.63) is 58.7 Å². The van der Waals surface area contributed by atoms with Crippen LogP contribution in [0.4, 0.5) is 0 Å². The zero-order chi connectivity index (χ0) is 15.6. The van der Waals surface area contributed by atoms with Gasteiger partial charge in [-0.25, -0.2) is 0 Å². The molecule has 3 N–H and O–H groups in total. The summed E-state index contributed by atoms with van der Waals surface area (Å²) in [6, 6.07) is 11.2. The number of aryl methyl sites for hydroxylation is 2. The van der Waals surface area contributed by atoms with Gasteiger partial charge in [0.2, 0.25) is 0 Å². The summed E-state index contributed by atoms with van der Waals surface area (Å²) in [7, 11) is 0. The molecule has 2 atom stereocenters. The van der Waals surface area contributed by atoms with E-state index in [9.17, 15) is 10.2 Å². The van der Waals surface area contributed by atoms with E-state index in [1.807, 2.05) is 6.92 Å². The fourth-order valence-electron chi connectivity index (χ4n) is 2.84. The fraction of sp³-hybridized carbons (Fsp3) is 0.333. The molecule has 3 heteroatoms. The van der Waals surface area contributed by atoms with E-state index in [2.05, 4.69) is 44.3 Å². The largest absolute Gasteiger partial charge is 0.507 e. The van der Waals surface area contributed by atoms with Gasteiger partial charge in [0.05, 0.1) is 5.56 Å². The van der Waals surface area contributed by atoms with Gasteiger partial charge in [0.15, 0.2) is 0 Å². The fourth-order valence-corrected chi connectivity index (χ4v) is 2.84. The number of phenols is 2. The third-order valence-corrected chi connectivity index (χ3v) is 3.88. The minimum atomic E-state index is -0.151. The normalized spacial score (nSPS) is 13.9. The van der Waals surface area contributed by atoms with Crippen molar-refractivity contribution in [2.75, 3.05) is 0 Å². The summed E-state index contributed by atoms with van der Waals surface area (Å²) in [6.45, 7) is 8.21. The molecule has 0 aromatic heterocycles. The highest BCUT2D eigenvalue weighted by atomic mass is 16.3. The molecule has 0 bridgehead atoms. The Kier molecular flexibility index (Phi) is 4.53. The van der Waals surface area contributed by atoms with Gasteiger partial charge in [0.25, 0.3) is 0 Å². The Morgan fingerprint density at radius 1 is 0.905 bits per heavy atom. The molecule has 0 fully saturated rings. The average molecular weight is 285 g/mol. The summed E-state index contributed by atoms with van der Waals surface area (Å²) in [4.78, 5) is 0. The lowest BCUT2D eigenvalue weighted by Crippen LogP contribution is -2.23. The van der Waals surface area contributed by atoms with Crippen molar-refractivity contribution < 1.29 is 10.2 Å². The Morgan fingerprint density at radius 2 is 1.52 bits per heavy atom. The van der Waals surface area contributed by atoms with E-state index in [0.717, 1.165) is 0 Å². The van der Waals surface area contributed by atoms with Crippen LogP contribution in [0.5, 0.6) is 11.5 Å². The van der Waals surface area contributed by atoms with Gasteiger partial charge < -0.3 is 15.5 Å². The molecule has 2 rings (SSSR count). The van der Waals surface area contributed by atoms with Crippen LogP contribution >= 0.6 is 0 Å². The van der Waals surface area contributed by atoms with Crippen LogP contribution in [0.2, 0.25) is 0 Å². The van der Waals surface area contributed by atoms with Gasteiger partial charge in [-0.05, 0) is 51.0 Å². The van der Waals surface area contributed by atoms with Crippen LogP contribution in [0, 0.1) is 13.8 Å². The van der Waals surface area contributed by atoms with Crippen molar-refractivity contribution in [1.82, 2.24) is 5.32 Å². The minimum Gasteiger partial charge on any atom is -0.507 e. The van der Waals surface area contributed by atoms with Gasteiger partial charge in [-0.15, -0.1) is 0 Å². The average Bonchev–Trinajstić information content (AvgIpc) is 2.37. The molecule has 112 valence electrons. The Hall–Kier alpha value is -2.00. The second-order valence-corrected chi connectivity index (χ2v) is 5.68. The maximum absolute atomic E-state index is 9.94. The van der Waals surface area contributed by atoms with Crippen LogP contribution < -0.4 is 5.32 Å². The molecule has 0 aliphatic rings. The predicted octanol–water partition coefficient (Wildman–Crippen LogP) is 4.13. The molecular weight excluding hydrogens is 262 g/mol. The number of benzene rings is 2. The van der Waals surface area contributed by atoms with E-state index >= 15 is 0 Å². The summed E-state index contributed by atoms with van der Waals surface area (Å²) >= 11 is 0. The maximum Gasteiger partial charge on any atom is 0.124 e. The number of nitrogens with one attached hydrogen (secondary N) is 1. The van der Waals surface area contributed by atoms with Gasteiger partial charge in [-0.1, -0.05) is 29.8 Å². The highest BCUT2D eigenvalue weighted by Gasteiger charge is 2.18. The second-order valence-electron chi connectivity index (χ2n) is 5.68. The van der Waals surface area contributed by atoms with E-state index < -0.39 is 0 Å². The Labute approximate surface area is 126 Å². The van der Waals surface area contributed by atoms with Crippen molar-refractivity contribution in [1.29, 1.82) is 0 Å². The number of hydrogen-bond acceptors (Lipinski definition) is 3. The molecule has 0 saturated heterocycles. The minimum absolute atomic E-state index is 0.114. The quantitative estimate of drug-likeness (QED) is 0.792. The van der Waals surface area contributed by atoms with Crippen molar-refractivity contribution >= 4 is 0 Å². The summed E-state index contributed by atoms with van der Waals surface area (Å²) < 4.78 is 0. The van der Waals surface area contributed by atoms with E-state index in [1.165, 1.54) is 16.7 Å². The van der Waals surface area contributed by atoms with Crippen LogP contribution in [0.3, 0.4) is 0 Å². The van der Waals surface area contributed by atoms with Gasteiger partial charge in [0.1, 0.15) is 11.5 Å². The first-order valence-electron chi connectivity index (χ1n) is 7.24. The van der Waals surface area contributed by atoms with Crippen molar-refractivity contribution in [2.24, 2.45) is 0 Å². The molecule has 0 aliphatic heterocycles. The highest BCUT2D eigenvalue weighted by molar-refractivity contribution is 5.45. The van der Waals surface area contributed by atoms with Crippen LogP contribution in [0.15, 0.2) is 36.4 Å². The standard InChI is InChI=1S/C18H23NO2/c1-11-8-9-15(12(2)10-11)13(3)19-14(4)18-16(20)6-5-7-17(18)21/h5-10,13-14,19-21H,1-4H3. The molecule has 0 amide bonds. The molecule has 0 saturated carbocycles. The molecule has 0 spiro atoms.